The molecular weight excluding hydrogens is 388 g/mol. The maximum atomic E-state index is 13.5. The summed E-state index contributed by atoms with van der Waals surface area (Å²) in [5.41, 5.74) is 2.11. The van der Waals surface area contributed by atoms with Crippen molar-refractivity contribution in [3.8, 4) is 0 Å². The van der Waals surface area contributed by atoms with Gasteiger partial charge in [0.2, 0.25) is 5.76 Å². The van der Waals surface area contributed by atoms with Gasteiger partial charge in [0.15, 0.2) is 0 Å². The minimum Gasteiger partial charge on any atom is -0.475 e. The van der Waals surface area contributed by atoms with Crippen LogP contribution in [0.15, 0.2) is 51.7 Å². The van der Waals surface area contributed by atoms with Gasteiger partial charge in [-0.3, -0.25) is 9.36 Å². The SMILES string of the molecule is O=C(O)c1ccc(Cn2c(Cc3ccccc3)nc3sc4c(c3c2=O)CCC4)o1. The van der Waals surface area contributed by atoms with Crippen LogP contribution in [0.25, 0.3) is 10.2 Å². The zero-order valence-electron chi connectivity index (χ0n) is 15.6. The van der Waals surface area contributed by atoms with E-state index in [1.807, 2.05) is 30.3 Å². The lowest BCUT2D eigenvalue weighted by molar-refractivity contribution is 0.0660. The number of carboxylic acids is 1. The lowest BCUT2D eigenvalue weighted by Crippen LogP contribution is -2.26. The van der Waals surface area contributed by atoms with Crippen LogP contribution in [-0.4, -0.2) is 20.6 Å². The van der Waals surface area contributed by atoms with Crippen LogP contribution in [0, 0.1) is 0 Å². The predicted molar refractivity (Wildman–Crippen MR) is 110 cm³/mol. The van der Waals surface area contributed by atoms with E-state index in [0.29, 0.717) is 23.4 Å². The number of carboxylic acid groups (broad SMARTS) is 1. The van der Waals surface area contributed by atoms with Crippen LogP contribution < -0.4 is 5.56 Å². The molecule has 1 aromatic carbocycles. The van der Waals surface area contributed by atoms with Gasteiger partial charge in [-0.2, -0.15) is 0 Å². The Labute approximate surface area is 170 Å². The minimum atomic E-state index is -1.13. The number of hydrogen-bond donors (Lipinski definition) is 1. The normalized spacial score (nSPS) is 13.1. The summed E-state index contributed by atoms with van der Waals surface area (Å²) in [6.07, 6.45) is 3.50. The predicted octanol–water partition coefficient (Wildman–Crippen LogP) is 3.88. The van der Waals surface area contributed by atoms with Crippen LogP contribution in [0.1, 0.15) is 44.6 Å². The first-order valence-electron chi connectivity index (χ1n) is 9.50. The smallest absolute Gasteiger partial charge is 0.371 e. The lowest BCUT2D eigenvalue weighted by Gasteiger charge is -2.12. The first-order valence-corrected chi connectivity index (χ1v) is 10.3. The van der Waals surface area contributed by atoms with E-state index >= 15 is 0 Å². The average Bonchev–Trinajstić information content (AvgIpc) is 3.41. The van der Waals surface area contributed by atoms with Crippen LogP contribution in [0.4, 0.5) is 0 Å². The van der Waals surface area contributed by atoms with Gasteiger partial charge in [0.05, 0.1) is 11.9 Å². The van der Waals surface area contributed by atoms with Crippen LogP contribution in [0.5, 0.6) is 0 Å². The highest BCUT2D eigenvalue weighted by Crippen LogP contribution is 2.35. The Morgan fingerprint density at radius 1 is 1.17 bits per heavy atom. The summed E-state index contributed by atoms with van der Waals surface area (Å²) in [4.78, 5) is 31.5. The van der Waals surface area contributed by atoms with E-state index in [1.165, 1.54) is 10.9 Å². The summed E-state index contributed by atoms with van der Waals surface area (Å²) in [5.74, 6) is -0.186. The van der Waals surface area contributed by atoms with Crippen molar-refractivity contribution < 1.29 is 14.3 Å². The molecule has 0 saturated heterocycles. The zero-order chi connectivity index (χ0) is 20.0. The number of nitrogens with zero attached hydrogens (tertiary/aromatic N) is 2. The van der Waals surface area contributed by atoms with Crippen molar-refractivity contribution in [1.29, 1.82) is 0 Å². The maximum Gasteiger partial charge on any atom is 0.371 e. The number of hydrogen-bond acceptors (Lipinski definition) is 5. The molecule has 0 spiro atoms. The highest BCUT2D eigenvalue weighted by atomic mass is 32.1. The number of benzene rings is 1. The van der Waals surface area contributed by atoms with E-state index in [0.717, 1.165) is 35.2 Å². The molecule has 146 valence electrons. The Balaban J connectivity index is 1.65. The fourth-order valence-corrected chi connectivity index (χ4v) is 5.20. The first-order chi connectivity index (χ1) is 14.1. The molecule has 0 amide bonds. The van der Waals surface area contributed by atoms with Gasteiger partial charge in [-0.15, -0.1) is 11.3 Å². The topological polar surface area (TPSA) is 85.3 Å². The van der Waals surface area contributed by atoms with E-state index in [9.17, 15) is 9.59 Å². The van der Waals surface area contributed by atoms with Gasteiger partial charge in [-0.05, 0) is 42.5 Å². The molecule has 1 aliphatic carbocycles. The Bertz CT molecular complexity index is 1280. The Hall–Kier alpha value is -3.19. The number of rotatable bonds is 5. The monoisotopic (exact) mass is 406 g/mol. The lowest BCUT2D eigenvalue weighted by atomic mass is 10.1. The summed E-state index contributed by atoms with van der Waals surface area (Å²) in [6, 6.07) is 12.9. The van der Waals surface area contributed by atoms with E-state index in [-0.39, 0.29) is 17.9 Å². The number of furan rings is 1. The molecule has 0 bridgehead atoms. The molecule has 3 aromatic heterocycles. The molecule has 0 saturated carbocycles. The minimum absolute atomic E-state index is 0.0754. The van der Waals surface area contributed by atoms with Crippen LogP contribution >= 0.6 is 11.3 Å². The molecule has 0 radical (unpaired) electrons. The molecular formula is C22H18N2O4S. The standard InChI is InChI=1S/C22H18N2O4S/c25-21-19-15-7-4-8-17(15)29-20(19)23-18(11-13-5-2-1-3-6-13)24(21)12-14-9-10-16(28-14)22(26)27/h1-3,5-6,9-10H,4,7-8,11-12H2,(H,26,27). The summed E-state index contributed by atoms with van der Waals surface area (Å²) >= 11 is 1.62. The summed E-state index contributed by atoms with van der Waals surface area (Å²) in [6.45, 7) is 0.155. The summed E-state index contributed by atoms with van der Waals surface area (Å²) in [7, 11) is 0. The average molecular weight is 406 g/mol. The maximum absolute atomic E-state index is 13.5. The number of fused-ring (bicyclic) bond motifs is 3. The second kappa shape index (κ2) is 7.00. The Morgan fingerprint density at radius 3 is 2.76 bits per heavy atom. The molecule has 1 aliphatic rings. The summed E-state index contributed by atoms with van der Waals surface area (Å²) in [5, 5.41) is 9.83. The van der Waals surface area contributed by atoms with E-state index in [1.54, 1.807) is 22.0 Å². The second-order valence-electron chi connectivity index (χ2n) is 7.19. The molecule has 0 unspecified atom stereocenters. The fourth-order valence-electron chi connectivity index (χ4n) is 3.93. The molecule has 7 heteroatoms. The van der Waals surface area contributed by atoms with Crippen molar-refractivity contribution in [2.75, 3.05) is 0 Å². The Morgan fingerprint density at radius 2 is 2.00 bits per heavy atom. The van der Waals surface area contributed by atoms with Crippen molar-refractivity contribution in [3.63, 3.8) is 0 Å². The third-order valence-corrected chi connectivity index (χ3v) is 6.48. The summed E-state index contributed by atoms with van der Waals surface area (Å²) < 4.78 is 7.04. The number of aromatic nitrogens is 2. The number of aromatic carboxylic acids is 1. The number of aryl methyl sites for hydroxylation is 2. The van der Waals surface area contributed by atoms with Crippen molar-refractivity contribution in [2.45, 2.75) is 32.2 Å². The van der Waals surface area contributed by atoms with Crippen molar-refractivity contribution in [3.05, 3.63) is 86.2 Å². The van der Waals surface area contributed by atoms with Gasteiger partial charge in [0.1, 0.15) is 16.4 Å². The van der Waals surface area contributed by atoms with Crippen LogP contribution in [0.3, 0.4) is 0 Å². The molecule has 1 N–H and O–H groups in total. The van der Waals surface area contributed by atoms with Gasteiger partial charge in [0.25, 0.3) is 5.56 Å². The molecule has 3 heterocycles. The largest absolute Gasteiger partial charge is 0.475 e. The quantitative estimate of drug-likeness (QED) is 0.544. The fraction of sp³-hybridized carbons (Fsp3) is 0.227. The third-order valence-electron chi connectivity index (χ3n) is 5.30. The van der Waals surface area contributed by atoms with E-state index in [2.05, 4.69) is 0 Å². The molecule has 5 rings (SSSR count). The van der Waals surface area contributed by atoms with Gasteiger partial charge in [-0.25, -0.2) is 9.78 Å². The van der Waals surface area contributed by atoms with Crippen molar-refractivity contribution >= 4 is 27.5 Å². The molecule has 0 fully saturated rings. The second-order valence-corrected chi connectivity index (χ2v) is 8.27. The molecule has 0 aliphatic heterocycles. The van der Waals surface area contributed by atoms with Crippen molar-refractivity contribution in [2.24, 2.45) is 0 Å². The van der Waals surface area contributed by atoms with Crippen molar-refractivity contribution in [1.82, 2.24) is 9.55 Å². The van der Waals surface area contributed by atoms with Gasteiger partial charge in [-0.1, -0.05) is 30.3 Å². The van der Waals surface area contributed by atoms with Crippen LogP contribution in [0.2, 0.25) is 0 Å². The highest BCUT2D eigenvalue weighted by Gasteiger charge is 2.24. The van der Waals surface area contributed by atoms with E-state index < -0.39 is 5.97 Å². The Kier molecular flexibility index (Phi) is 4.32. The van der Waals surface area contributed by atoms with E-state index in [4.69, 9.17) is 14.5 Å². The van der Waals surface area contributed by atoms with Gasteiger partial charge >= 0.3 is 5.97 Å². The van der Waals surface area contributed by atoms with Gasteiger partial charge < -0.3 is 9.52 Å². The van der Waals surface area contributed by atoms with Crippen LogP contribution in [-0.2, 0) is 25.8 Å². The third kappa shape index (κ3) is 3.17. The highest BCUT2D eigenvalue weighted by molar-refractivity contribution is 7.18. The zero-order valence-corrected chi connectivity index (χ0v) is 16.4. The number of carbonyl (C=O) groups is 1. The number of thiophene rings is 1. The molecule has 0 atom stereocenters. The van der Waals surface area contributed by atoms with Gasteiger partial charge in [0, 0.05) is 11.3 Å². The molecule has 29 heavy (non-hydrogen) atoms. The molecule has 6 nitrogen and oxygen atoms in total. The molecule has 4 aromatic rings. The first kappa shape index (κ1) is 17.9.